The van der Waals surface area contributed by atoms with Crippen molar-refractivity contribution in [3.8, 4) is 0 Å². The molecule has 100 valence electrons. The van der Waals surface area contributed by atoms with Crippen LogP contribution in [0.2, 0.25) is 0 Å². The van der Waals surface area contributed by atoms with Crippen LogP contribution in [0.3, 0.4) is 0 Å². The Hall–Kier alpha value is -0.120. The summed E-state index contributed by atoms with van der Waals surface area (Å²) in [5.41, 5.74) is 0. The van der Waals surface area contributed by atoms with E-state index < -0.39 is 0 Å². The van der Waals surface area contributed by atoms with E-state index in [2.05, 4.69) is 24.1 Å². The second kappa shape index (κ2) is 6.17. The number of methoxy groups -OCH3 is 1. The van der Waals surface area contributed by atoms with Gasteiger partial charge < -0.3 is 10.1 Å². The van der Waals surface area contributed by atoms with E-state index in [1.165, 1.54) is 38.8 Å². The van der Waals surface area contributed by atoms with Crippen LogP contribution in [0.25, 0.3) is 0 Å². The Morgan fingerprint density at radius 2 is 2.12 bits per heavy atom. The van der Waals surface area contributed by atoms with Crippen molar-refractivity contribution in [2.75, 3.05) is 26.7 Å². The zero-order chi connectivity index (χ0) is 12.3. The van der Waals surface area contributed by atoms with Gasteiger partial charge >= 0.3 is 0 Å². The maximum Gasteiger partial charge on any atom is 0.0698 e. The highest BCUT2D eigenvalue weighted by atomic mass is 16.5. The SMILES string of the molecule is COC1CCCN(C2CCC2CNC(C)C)C1. The van der Waals surface area contributed by atoms with Gasteiger partial charge in [-0.05, 0) is 44.7 Å². The summed E-state index contributed by atoms with van der Waals surface area (Å²) in [6.07, 6.45) is 5.82. The van der Waals surface area contributed by atoms with Crippen molar-refractivity contribution in [2.24, 2.45) is 5.92 Å². The fourth-order valence-corrected chi connectivity index (χ4v) is 3.12. The summed E-state index contributed by atoms with van der Waals surface area (Å²) < 4.78 is 5.52. The molecule has 1 aliphatic heterocycles. The number of rotatable bonds is 5. The third-order valence-corrected chi connectivity index (χ3v) is 4.38. The van der Waals surface area contributed by atoms with Gasteiger partial charge in [-0.25, -0.2) is 0 Å². The van der Waals surface area contributed by atoms with E-state index in [9.17, 15) is 0 Å². The van der Waals surface area contributed by atoms with E-state index in [0.29, 0.717) is 12.1 Å². The van der Waals surface area contributed by atoms with Gasteiger partial charge in [0.15, 0.2) is 0 Å². The van der Waals surface area contributed by atoms with Crippen LogP contribution in [0.15, 0.2) is 0 Å². The molecule has 0 amide bonds. The predicted octanol–water partition coefficient (Wildman–Crippen LogP) is 1.87. The Bertz CT molecular complexity index is 232. The summed E-state index contributed by atoms with van der Waals surface area (Å²) in [7, 11) is 1.85. The minimum absolute atomic E-state index is 0.475. The van der Waals surface area contributed by atoms with E-state index >= 15 is 0 Å². The molecule has 1 aliphatic carbocycles. The van der Waals surface area contributed by atoms with Crippen molar-refractivity contribution < 1.29 is 4.74 Å². The molecule has 1 N–H and O–H groups in total. The van der Waals surface area contributed by atoms with Crippen LogP contribution < -0.4 is 5.32 Å². The normalized spacial score (nSPS) is 34.9. The minimum Gasteiger partial charge on any atom is -0.380 e. The molecule has 17 heavy (non-hydrogen) atoms. The maximum absolute atomic E-state index is 5.52. The quantitative estimate of drug-likeness (QED) is 0.794. The van der Waals surface area contributed by atoms with Gasteiger partial charge in [-0.15, -0.1) is 0 Å². The number of hydrogen-bond acceptors (Lipinski definition) is 3. The molecule has 3 heteroatoms. The first kappa shape index (κ1) is 13.3. The highest BCUT2D eigenvalue weighted by Crippen LogP contribution is 2.33. The zero-order valence-corrected chi connectivity index (χ0v) is 11.6. The third kappa shape index (κ3) is 3.43. The van der Waals surface area contributed by atoms with E-state index in [1.807, 2.05) is 7.11 Å². The number of nitrogens with one attached hydrogen (secondary N) is 1. The second-order valence-corrected chi connectivity index (χ2v) is 5.96. The Morgan fingerprint density at radius 1 is 1.29 bits per heavy atom. The summed E-state index contributed by atoms with van der Waals surface area (Å²) in [5, 5.41) is 3.58. The van der Waals surface area contributed by atoms with Crippen molar-refractivity contribution in [1.29, 1.82) is 0 Å². The Morgan fingerprint density at radius 3 is 2.71 bits per heavy atom. The van der Waals surface area contributed by atoms with Gasteiger partial charge in [-0.3, -0.25) is 4.90 Å². The average molecular weight is 240 g/mol. The average Bonchev–Trinajstić information content (AvgIpc) is 2.27. The molecule has 0 radical (unpaired) electrons. The second-order valence-electron chi connectivity index (χ2n) is 5.96. The van der Waals surface area contributed by atoms with Gasteiger partial charge in [0.1, 0.15) is 0 Å². The lowest BCUT2D eigenvalue weighted by molar-refractivity contribution is -0.0226. The number of ether oxygens (including phenoxy) is 1. The van der Waals surface area contributed by atoms with Crippen LogP contribution >= 0.6 is 0 Å². The lowest BCUT2D eigenvalue weighted by atomic mass is 9.77. The van der Waals surface area contributed by atoms with Gasteiger partial charge in [0, 0.05) is 25.7 Å². The molecule has 3 unspecified atom stereocenters. The van der Waals surface area contributed by atoms with E-state index in [4.69, 9.17) is 4.74 Å². The van der Waals surface area contributed by atoms with Crippen LogP contribution in [-0.2, 0) is 4.74 Å². The van der Waals surface area contributed by atoms with Crippen LogP contribution in [-0.4, -0.2) is 49.8 Å². The first-order valence-corrected chi connectivity index (χ1v) is 7.21. The summed E-state index contributed by atoms with van der Waals surface area (Å²) in [6.45, 7) is 8.09. The molecule has 3 atom stereocenters. The molecule has 0 spiro atoms. The topological polar surface area (TPSA) is 24.5 Å². The fourth-order valence-electron chi connectivity index (χ4n) is 3.12. The third-order valence-electron chi connectivity index (χ3n) is 4.38. The molecule has 0 bridgehead atoms. The first-order valence-electron chi connectivity index (χ1n) is 7.21. The number of likely N-dealkylation sites (tertiary alicyclic amines) is 1. The summed E-state index contributed by atoms with van der Waals surface area (Å²) in [4.78, 5) is 2.67. The molecule has 2 fully saturated rings. The smallest absolute Gasteiger partial charge is 0.0698 e. The van der Waals surface area contributed by atoms with Gasteiger partial charge in [-0.1, -0.05) is 13.8 Å². The molecule has 1 saturated heterocycles. The molecule has 0 aromatic carbocycles. The molecular formula is C14H28N2O. The number of hydrogen-bond donors (Lipinski definition) is 1. The molecule has 1 saturated carbocycles. The summed E-state index contributed by atoms with van der Waals surface area (Å²) in [5.74, 6) is 0.869. The van der Waals surface area contributed by atoms with Crippen molar-refractivity contribution in [3.05, 3.63) is 0 Å². The molecule has 0 aromatic rings. The molecule has 2 rings (SSSR count). The zero-order valence-electron chi connectivity index (χ0n) is 11.6. The minimum atomic E-state index is 0.475. The van der Waals surface area contributed by atoms with Crippen molar-refractivity contribution >= 4 is 0 Å². The monoisotopic (exact) mass is 240 g/mol. The highest BCUT2D eigenvalue weighted by molar-refractivity contribution is 4.92. The van der Waals surface area contributed by atoms with Crippen molar-refractivity contribution in [3.63, 3.8) is 0 Å². The molecular weight excluding hydrogens is 212 g/mol. The summed E-state index contributed by atoms with van der Waals surface area (Å²) in [6, 6.07) is 1.43. The van der Waals surface area contributed by atoms with Crippen LogP contribution in [0.5, 0.6) is 0 Å². The van der Waals surface area contributed by atoms with Crippen LogP contribution in [0, 0.1) is 5.92 Å². The Kier molecular flexibility index (Phi) is 4.83. The standard InChI is InChI=1S/C14H28N2O/c1-11(2)15-9-12-6-7-14(12)16-8-4-5-13(10-16)17-3/h11-15H,4-10H2,1-3H3. The summed E-state index contributed by atoms with van der Waals surface area (Å²) >= 11 is 0. The van der Waals surface area contributed by atoms with Crippen LogP contribution in [0.4, 0.5) is 0 Å². The van der Waals surface area contributed by atoms with Gasteiger partial charge in [0.25, 0.3) is 0 Å². The Labute approximate surface area is 106 Å². The van der Waals surface area contributed by atoms with Crippen LogP contribution in [0.1, 0.15) is 39.5 Å². The lowest BCUT2D eigenvalue weighted by Gasteiger charge is -2.47. The van der Waals surface area contributed by atoms with E-state index in [-0.39, 0.29) is 0 Å². The van der Waals surface area contributed by atoms with E-state index in [0.717, 1.165) is 18.5 Å². The predicted molar refractivity (Wildman–Crippen MR) is 71.3 cm³/mol. The molecule has 0 aromatic heterocycles. The molecule has 2 aliphatic rings. The molecule has 3 nitrogen and oxygen atoms in total. The molecule has 1 heterocycles. The first-order chi connectivity index (χ1) is 8.20. The number of piperidine rings is 1. The lowest BCUT2D eigenvalue weighted by Crippen LogP contribution is -2.55. The maximum atomic E-state index is 5.52. The van der Waals surface area contributed by atoms with Gasteiger partial charge in [0.2, 0.25) is 0 Å². The van der Waals surface area contributed by atoms with Gasteiger partial charge in [0.05, 0.1) is 6.10 Å². The highest BCUT2D eigenvalue weighted by Gasteiger charge is 2.37. The Balaban J connectivity index is 1.77. The van der Waals surface area contributed by atoms with E-state index in [1.54, 1.807) is 0 Å². The number of nitrogens with zero attached hydrogens (tertiary/aromatic N) is 1. The fraction of sp³-hybridized carbons (Fsp3) is 1.00. The van der Waals surface area contributed by atoms with Crippen molar-refractivity contribution in [2.45, 2.75) is 57.7 Å². The van der Waals surface area contributed by atoms with Gasteiger partial charge in [-0.2, -0.15) is 0 Å². The van der Waals surface area contributed by atoms with Crippen molar-refractivity contribution in [1.82, 2.24) is 10.2 Å². The largest absolute Gasteiger partial charge is 0.380 e.